The second kappa shape index (κ2) is 7.13. The molecule has 0 amide bonds. The second-order valence-electron chi connectivity index (χ2n) is 0.439. The largest absolute Gasteiger partial charge is 0.748 e. The Morgan fingerprint density at radius 2 is 2.14 bits per heavy atom. The number of hydrogen-bond donors (Lipinski definition) is 0. The quantitative estimate of drug-likeness (QED) is 0.338. The molecule has 4 nitrogen and oxygen atoms in total. The van der Waals surface area contributed by atoms with Gasteiger partial charge in [0.05, 0.1) is 7.11 Å². The molecule has 0 bridgehead atoms. The van der Waals surface area contributed by atoms with Gasteiger partial charge in [-0.25, -0.2) is 9.10 Å². The van der Waals surface area contributed by atoms with Crippen LogP contribution in [0.2, 0.25) is 0 Å². The molecule has 0 aliphatic heterocycles. The van der Waals surface area contributed by atoms with E-state index in [9.17, 15) is 8.76 Å². The van der Waals surface area contributed by atoms with Gasteiger partial charge < -0.3 is 4.55 Å². The minimum atomic E-state index is -2.54. The number of rotatable bonds is 2. The van der Waals surface area contributed by atoms with Gasteiger partial charge in [0.15, 0.2) is 0 Å². The topological polar surface area (TPSA) is 58.6 Å². The van der Waals surface area contributed by atoms with Crippen LogP contribution >= 0.6 is 0 Å². The molecule has 0 aromatic rings. The average Bonchev–Trinajstić information content (AvgIpc) is 1.35. The van der Waals surface area contributed by atoms with Crippen LogP contribution < -0.4 is 0 Å². The van der Waals surface area contributed by atoms with Gasteiger partial charge in [0.1, 0.15) is 11.4 Å². The van der Waals surface area contributed by atoms with E-state index in [1.54, 1.807) is 0 Å². The molecule has 0 fully saturated rings. The summed E-state index contributed by atoms with van der Waals surface area (Å²) in [6, 6.07) is 0. The molecule has 7 heavy (non-hydrogen) atoms. The summed E-state index contributed by atoms with van der Waals surface area (Å²) in [5.74, 6) is 0. The van der Waals surface area contributed by atoms with E-state index >= 15 is 0 Å². The average molecular weight is 200 g/mol. The first-order chi connectivity index (χ1) is 2.77. The third-order valence-electron chi connectivity index (χ3n) is 0.124. The molecule has 0 aromatic heterocycles. The molecule has 0 saturated carbocycles. The van der Waals surface area contributed by atoms with Crippen molar-refractivity contribution in [2.45, 2.75) is 0 Å². The van der Waals surface area contributed by atoms with Crippen LogP contribution in [0.1, 0.15) is 0 Å². The fourth-order valence-electron chi connectivity index (χ4n) is 0.0556. The van der Waals surface area contributed by atoms with Crippen molar-refractivity contribution >= 4 is 11.4 Å². The van der Waals surface area contributed by atoms with Crippen molar-refractivity contribution in [2.75, 3.05) is 7.11 Å². The maximum atomic E-state index is 9.25. The molecule has 0 N–H and O–H groups in total. The van der Waals surface area contributed by atoms with E-state index in [0.717, 1.165) is 7.11 Å². The maximum absolute atomic E-state index is 9.25. The standard InChI is InChI=1S/CH4O4S.Y/c1-4-5-6(2)3;/h1H3,(H,2,3);/p-1. The molecule has 6 heteroatoms. The molecular weight excluding hydrogens is 197 g/mol. The van der Waals surface area contributed by atoms with Crippen molar-refractivity contribution in [1.29, 1.82) is 0 Å². The first-order valence-corrected chi connectivity index (χ1v) is 2.07. The van der Waals surface area contributed by atoms with Crippen LogP contribution in [-0.2, 0) is 53.3 Å². The van der Waals surface area contributed by atoms with Crippen molar-refractivity contribution in [3.8, 4) is 0 Å². The predicted molar refractivity (Wildman–Crippen MR) is 17.0 cm³/mol. The summed E-state index contributed by atoms with van der Waals surface area (Å²) in [5.41, 5.74) is 0. The third-order valence-corrected chi connectivity index (χ3v) is 0.371. The molecule has 0 spiro atoms. The maximum Gasteiger partial charge on any atom is 0.120 e. The van der Waals surface area contributed by atoms with Crippen LogP contribution in [0.3, 0.4) is 0 Å². The fraction of sp³-hybridized carbons (Fsp3) is 1.00. The Morgan fingerprint density at radius 1 is 1.71 bits per heavy atom. The zero-order chi connectivity index (χ0) is 4.99. The van der Waals surface area contributed by atoms with Crippen LogP contribution in [0.4, 0.5) is 0 Å². The van der Waals surface area contributed by atoms with Crippen LogP contribution in [0.15, 0.2) is 0 Å². The molecule has 1 radical (unpaired) electrons. The Kier molecular flexibility index (Phi) is 11.2. The molecule has 0 saturated heterocycles. The van der Waals surface area contributed by atoms with Crippen LogP contribution in [0.5, 0.6) is 0 Å². The third kappa shape index (κ3) is 11.0. The first-order valence-electron chi connectivity index (χ1n) is 1.07. The van der Waals surface area contributed by atoms with E-state index in [-0.39, 0.29) is 32.7 Å². The van der Waals surface area contributed by atoms with Crippen LogP contribution in [0, 0.1) is 0 Å². The minimum Gasteiger partial charge on any atom is -0.748 e. The van der Waals surface area contributed by atoms with Gasteiger partial charge in [-0.3, -0.25) is 0 Å². The summed E-state index contributed by atoms with van der Waals surface area (Å²) in [7, 11) is 1.11. The second-order valence-corrected chi connectivity index (χ2v) is 0.983. The molecule has 0 aromatic carbocycles. The molecular formula is CH3O4SY-. The fourth-order valence-corrected chi connectivity index (χ4v) is 0.167. The van der Waals surface area contributed by atoms with Crippen molar-refractivity contribution < 1.29 is 50.7 Å². The van der Waals surface area contributed by atoms with Gasteiger partial charge in [-0.2, -0.15) is 0 Å². The Morgan fingerprint density at radius 3 is 2.14 bits per heavy atom. The summed E-state index contributed by atoms with van der Waals surface area (Å²) >= 11 is -2.54. The van der Waals surface area contributed by atoms with E-state index in [4.69, 9.17) is 0 Å². The van der Waals surface area contributed by atoms with E-state index in [1.807, 2.05) is 0 Å². The van der Waals surface area contributed by atoms with Crippen molar-refractivity contribution in [3.05, 3.63) is 0 Å². The monoisotopic (exact) mass is 200 g/mol. The smallest absolute Gasteiger partial charge is 0.120 e. The summed E-state index contributed by atoms with van der Waals surface area (Å²) in [6.07, 6.45) is 0. The van der Waals surface area contributed by atoms with E-state index < -0.39 is 11.4 Å². The zero-order valence-corrected chi connectivity index (χ0v) is 7.27. The van der Waals surface area contributed by atoms with E-state index in [0.29, 0.717) is 0 Å². The van der Waals surface area contributed by atoms with Crippen LogP contribution in [0.25, 0.3) is 0 Å². The molecule has 1 atom stereocenters. The SMILES string of the molecule is COOS(=O)[O-].[Y]. The molecule has 0 rings (SSSR count). The van der Waals surface area contributed by atoms with Crippen molar-refractivity contribution in [2.24, 2.45) is 0 Å². The van der Waals surface area contributed by atoms with Gasteiger partial charge in [0, 0.05) is 32.7 Å². The summed E-state index contributed by atoms with van der Waals surface area (Å²) in [4.78, 5) is 3.69. The van der Waals surface area contributed by atoms with E-state index in [1.165, 1.54) is 0 Å². The van der Waals surface area contributed by atoms with Crippen LogP contribution in [-0.4, -0.2) is 15.9 Å². The van der Waals surface area contributed by atoms with Crippen molar-refractivity contribution in [3.63, 3.8) is 0 Å². The molecule has 41 valence electrons. The summed E-state index contributed by atoms with van der Waals surface area (Å²) in [5, 5.41) is 0. The summed E-state index contributed by atoms with van der Waals surface area (Å²) < 4.78 is 22.0. The molecule has 0 heterocycles. The number of hydrogen-bond acceptors (Lipinski definition) is 4. The van der Waals surface area contributed by atoms with Gasteiger partial charge in [-0.05, 0) is 0 Å². The molecule has 1 unspecified atom stereocenters. The Labute approximate surface area is 68.9 Å². The zero-order valence-electron chi connectivity index (χ0n) is 3.62. The van der Waals surface area contributed by atoms with Gasteiger partial charge in [0.2, 0.25) is 0 Å². The first kappa shape index (κ1) is 11.0. The normalized spacial score (nSPS) is 12.3. The van der Waals surface area contributed by atoms with Gasteiger partial charge >= 0.3 is 0 Å². The van der Waals surface area contributed by atoms with Gasteiger partial charge in [-0.15, -0.1) is 4.33 Å². The minimum absolute atomic E-state index is 0. The Hall–Kier alpha value is 1.13. The summed E-state index contributed by atoms with van der Waals surface area (Å²) in [6.45, 7) is 0. The molecule has 0 aliphatic carbocycles. The van der Waals surface area contributed by atoms with Gasteiger partial charge in [0.25, 0.3) is 0 Å². The Bertz CT molecular complexity index is 55.7. The van der Waals surface area contributed by atoms with E-state index in [2.05, 4.69) is 9.22 Å². The Balaban J connectivity index is 0. The van der Waals surface area contributed by atoms with Gasteiger partial charge in [-0.1, -0.05) is 0 Å². The predicted octanol–water partition coefficient (Wildman–Crippen LogP) is -0.644. The van der Waals surface area contributed by atoms with Crippen molar-refractivity contribution in [1.82, 2.24) is 0 Å². The molecule has 0 aliphatic rings.